The van der Waals surface area contributed by atoms with Crippen molar-refractivity contribution >= 4 is 17.0 Å². The van der Waals surface area contributed by atoms with Crippen LogP contribution in [0, 0.1) is 6.92 Å². The van der Waals surface area contributed by atoms with E-state index >= 15 is 0 Å². The van der Waals surface area contributed by atoms with Crippen LogP contribution in [-0.4, -0.2) is 14.8 Å². The maximum absolute atomic E-state index is 4.16. The van der Waals surface area contributed by atoms with Crippen LogP contribution in [0.2, 0.25) is 0 Å². The number of aromatic nitrogens is 3. The molecule has 0 saturated carbocycles. The SMILES string of the molecule is Cc1ccc(C(C)Nc2cccc(-c3nncn3C)c2)s1. The molecule has 1 unspecified atom stereocenters. The summed E-state index contributed by atoms with van der Waals surface area (Å²) in [5.74, 6) is 0.873. The van der Waals surface area contributed by atoms with Crippen molar-refractivity contribution in [1.82, 2.24) is 14.8 Å². The lowest BCUT2D eigenvalue weighted by atomic mass is 10.1. The Morgan fingerprint density at radius 3 is 2.76 bits per heavy atom. The fraction of sp³-hybridized carbons (Fsp3) is 0.250. The average molecular weight is 298 g/mol. The molecule has 4 nitrogen and oxygen atoms in total. The van der Waals surface area contributed by atoms with Gasteiger partial charge in [-0.05, 0) is 38.1 Å². The van der Waals surface area contributed by atoms with Crippen LogP contribution in [0.1, 0.15) is 22.7 Å². The van der Waals surface area contributed by atoms with E-state index in [0.29, 0.717) is 6.04 Å². The monoisotopic (exact) mass is 298 g/mol. The smallest absolute Gasteiger partial charge is 0.163 e. The lowest BCUT2D eigenvalue weighted by Gasteiger charge is -2.14. The van der Waals surface area contributed by atoms with Crippen molar-refractivity contribution < 1.29 is 0 Å². The van der Waals surface area contributed by atoms with Crippen LogP contribution in [0.3, 0.4) is 0 Å². The minimum atomic E-state index is 0.290. The molecule has 2 heterocycles. The first-order valence-electron chi connectivity index (χ1n) is 6.91. The van der Waals surface area contributed by atoms with E-state index in [9.17, 15) is 0 Å². The Kier molecular flexibility index (Phi) is 3.75. The summed E-state index contributed by atoms with van der Waals surface area (Å²) in [5, 5.41) is 11.6. The normalized spacial score (nSPS) is 12.3. The summed E-state index contributed by atoms with van der Waals surface area (Å²) in [6.07, 6.45) is 1.71. The minimum Gasteiger partial charge on any atom is -0.378 e. The standard InChI is InChI=1S/C16H18N4S/c1-11-7-8-15(21-11)12(2)18-14-6-4-5-13(9-14)16-19-17-10-20(16)3/h4-10,12,18H,1-3H3. The zero-order chi connectivity index (χ0) is 14.8. The first kappa shape index (κ1) is 13.8. The molecule has 3 aromatic rings. The van der Waals surface area contributed by atoms with Crippen LogP contribution in [0.25, 0.3) is 11.4 Å². The number of rotatable bonds is 4. The number of nitrogens with one attached hydrogen (secondary N) is 1. The summed E-state index contributed by atoms with van der Waals surface area (Å²) in [6.45, 7) is 4.32. The molecule has 0 fully saturated rings. The lowest BCUT2D eigenvalue weighted by Crippen LogP contribution is -2.04. The average Bonchev–Trinajstić information content (AvgIpc) is 3.08. The van der Waals surface area contributed by atoms with Crippen LogP contribution < -0.4 is 5.32 Å². The third kappa shape index (κ3) is 2.97. The van der Waals surface area contributed by atoms with Gasteiger partial charge in [-0.25, -0.2) is 0 Å². The number of thiophene rings is 1. The molecule has 3 rings (SSSR count). The molecule has 5 heteroatoms. The van der Waals surface area contributed by atoms with Crippen molar-refractivity contribution in [2.45, 2.75) is 19.9 Å². The predicted octanol–water partition coefficient (Wildman–Crippen LogP) is 4.03. The number of aryl methyl sites for hydroxylation is 2. The Bertz CT molecular complexity index is 744. The number of nitrogens with zero attached hydrogens (tertiary/aromatic N) is 3. The third-order valence-electron chi connectivity index (χ3n) is 3.40. The molecule has 1 N–H and O–H groups in total. The largest absolute Gasteiger partial charge is 0.378 e. The van der Waals surface area contributed by atoms with Gasteiger partial charge in [-0.1, -0.05) is 12.1 Å². The van der Waals surface area contributed by atoms with Crippen LogP contribution >= 0.6 is 11.3 Å². The summed E-state index contributed by atoms with van der Waals surface area (Å²) in [7, 11) is 1.95. The Labute approximate surface area is 128 Å². The van der Waals surface area contributed by atoms with Gasteiger partial charge in [-0.3, -0.25) is 0 Å². The van der Waals surface area contributed by atoms with E-state index in [2.05, 4.69) is 59.7 Å². The molecule has 21 heavy (non-hydrogen) atoms. The molecule has 0 spiro atoms. The Morgan fingerprint density at radius 1 is 1.24 bits per heavy atom. The minimum absolute atomic E-state index is 0.290. The maximum Gasteiger partial charge on any atom is 0.163 e. The molecule has 0 aliphatic heterocycles. The molecule has 0 aliphatic rings. The van der Waals surface area contributed by atoms with Gasteiger partial charge in [0.1, 0.15) is 6.33 Å². The molecule has 0 aliphatic carbocycles. The Hall–Kier alpha value is -2.14. The van der Waals surface area contributed by atoms with Gasteiger partial charge in [0.15, 0.2) is 5.82 Å². The van der Waals surface area contributed by atoms with Gasteiger partial charge in [-0.15, -0.1) is 21.5 Å². The van der Waals surface area contributed by atoms with Crippen molar-refractivity contribution in [3.8, 4) is 11.4 Å². The van der Waals surface area contributed by atoms with Crippen molar-refractivity contribution in [1.29, 1.82) is 0 Å². The summed E-state index contributed by atoms with van der Waals surface area (Å²) in [6, 6.07) is 12.9. The van der Waals surface area contributed by atoms with Gasteiger partial charge < -0.3 is 9.88 Å². The molecule has 0 saturated heterocycles. The quantitative estimate of drug-likeness (QED) is 0.791. The van der Waals surface area contributed by atoms with Gasteiger partial charge in [0, 0.05) is 28.1 Å². The number of hydrogen-bond acceptors (Lipinski definition) is 4. The molecule has 0 radical (unpaired) electrons. The molecule has 0 bridgehead atoms. The third-order valence-corrected chi connectivity index (χ3v) is 4.59. The molecule has 1 atom stereocenters. The summed E-state index contributed by atoms with van der Waals surface area (Å²) >= 11 is 1.83. The summed E-state index contributed by atoms with van der Waals surface area (Å²) in [4.78, 5) is 2.68. The lowest BCUT2D eigenvalue weighted by molar-refractivity contribution is 0.906. The van der Waals surface area contributed by atoms with E-state index in [4.69, 9.17) is 0 Å². The first-order chi connectivity index (χ1) is 10.1. The van der Waals surface area contributed by atoms with E-state index in [1.807, 2.05) is 29.0 Å². The van der Waals surface area contributed by atoms with Crippen molar-refractivity contribution in [2.75, 3.05) is 5.32 Å². The molecule has 0 amide bonds. The zero-order valence-corrected chi connectivity index (χ0v) is 13.2. The zero-order valence-electron chi connectivity index (χ0n) is 12.4. The highest BCUT2D eigenvalue weighted by Crippen LogP contribution is 2.27. The second-order valence-corrected chi connectivity index (χ2v) is 6.48. The van der Waals surface area contributed by atoms with Crippen LogP contribution in [-0.2, 0) is 7.05 Å². The van der Waals surface area contributed by atoms with E-state index in [0.717, 1.165) is 17.1 Å². The van der Waals surface area contributed by atoms with Crippen LogP contribution in [0.5, 0.6) is 0 Å². The second kappa shape index (κ2) is 5.69. The van der Waals surface area contributed by atoms with Crippen molar-refractivity contribution in [3.05, 3.63) is 52.5 Å². The topological polar surface area (TPSA) is 42.7 Å². The second-order valence-electron chi connectivity index (χ2n) is 5.16. The Morgan fingerprint density at radius 2 is 2.10 bits per heavy atom. The molecular weight excluding hydrogens is 280 g/mol. The van der Waals surface area contributed by atoms with Crippen molar-refractivity contribution in [3.63, 3.8) is 0 Å². The van der Waals surface area contributed by atoms with Crippen LogP contribution in [0.15, 0.2) is 42.7 Å². The van der Waals surface area contributed by atoms with E-state index in [1.54, 1.807) is 6.33 Å². The van der Waals surface area contributed by atoms with Crippen molar-refractivity contribution in [2.24, 2.45) is 7.05 Å². The fourth-order valence-corrected chi connectivity index (χ4v) is 3.18. The highest BCUT2D eigenvalue weighted by molar-refractivity contribution is 7.12. The highest BCUT2D eigenvalue weighted by Gasteiger charge is 2.09. The predicted molar refractivity (Wildman–Crippen MR) is 87.5 cm³/mol. The summed E-state index contributed by atoms with van der Waals surface area (Å²) < 4.78 is 1.92. The Balaban J connectivity index is 1.82. The van der Waals surface area contributed by atoms with Crippen LogP contribution in [0.4, 0.5) is 5.69 Å². The maximum atomic E-state index is 4.16. The van der Waals surface area contributed by atoms with Gasteiger partial charge in [0.2, 0.25) is 0 Å². The van der Waals surface area contributed by atoms with Gasteiger partial charge in [0.25, 0.3) is 0 Å². The fourth-order valence-electron chi connectivity index (χ4n) is 2.30. The molecule has 1 aromatic carbocycles. The first-order valence-corrected chi connectivity index (χ1v) is 7.72. The summed E-state index contributed by atoms with van der Waals surface area (Å²) in [5.41, 5.74) is 2.16. The molecule has 108 valence electrons. The van der Waals surface area contributed by atoms with E-state index in [-0.39, 0.29) is 0 Å². The van der Waals surface area contributed by atoms with Gasteiger partial charge in [-0.2, -0.15) is 0 Å². The van der Waals surface area contributed by atoms with Gasteiger partial charge >= 0.3 is 0 Å². The van der Waals surface area contributed by atoms with E-state index < -0.39 is 0 Å². The number of benzene rings is 1. The molecular formula is C16H18N4S. The highest BCUT2D eigenvalue weighted by atomic mass is 32.1. The van der Waals surface area contributed by atoms with Gasteiger partial charge in [0.05, 0.1) is 6.04 Å². The number of anilines is 1. The molecule has 2 aromatic heterocycles. The van der Waals surface area contributed by atoms with E-state index in [1.165, 1.54) is 9.75 Å². The number of hydrogen-bond donors (Lipinski definition) is 1.